The van der Waals surface area contributed by atoms with Gasteiger partial charge in [-0.15, -0.1) is 0 Å². The SMILES string of the molecule is Cc1cc(C(=O)N(C)C2CC3CCC(C2)N3)n[nH]1. The number of piperidine rings is 1. The predicted molar refractivity (Wildman–Crippen MR) is 68.4 cm³/mol. The highest BCUT2D eigenvalue weighted by Crippen LogP contribution is 2.29. The summed E-state index contributed by atoms with van der Waals surface area (Å²) in [6.45, 7) is 1.91. The molecule has 5 heteroatoms. The molecule has 0 aliphatic carbocycles. The molecule has 98 valence electrons. The smallest absolute Gasteiger partial charge is 0.274 e. The van der Waals surface area contributed by atoms with Gasteiger partial charge in [-0.05, 0) is 38.7 Å². The number of carbonyl (C=O) groups is 1. The second-order valence-electron chi connectivity index (χ2n) is 5.62. The Hall–Kier alpha value is -1.36. The first-order valence-corrected chi connectivity index (χ1v) is 6.68. The molecule has 2 N–H and O–H groups in total. The van der Waals surface area contributed by atoms with Crippen molar-refractivity contribution in [3.8, 4) is 0 Å². The summed E-state index contributed by atoms with van der Waals surface area (Å²) < 4.78 is 0. The van der Waals surface area contributed by atoms with Crippen molar-refractivity contribution >= 4 is 5.91 Å². The van der Waals surface area contributed by atoms with Crippen LogP contribution in [-0.4, -0.2) is 46.2 Å². The second kappa shape index (κ2) is 4.39. The highest BCUT2D eigenvalue weighted by Gasteiger charge is 2.36. The second-order valence-corrected chi connectivity index (χ2v) is 5.62. The van der Waals surface area contributed by atoms with Crippen molar-refractivity contribution in [1.82, 2.24) is 20.4 Å². The molecule has 0 radical (unpaired) electrons. The molecular weight excluding hydrogens is 228 g/mol. The number of hydrogen-bond acceptors (Lipinski definition) is 3. The number of rotatable bonds is 2. The van der Waals surface area contributed by atoms with E-state index in [4.69, 9.17) is 0 Å². The van der Waals surface area contributed by atoms with E-state index in [1.165, 1.54) is 12.8 Å². The Morgan fingerprint density at radius 2 is 2.06 bits per heavy atom. The molecule has 18 heavy (non-hydrogen) atoms. The fourth-order valence-corrected chi connectivity index (χ4v) is 3.22. The van der Waals surface area contributed by atoms with Crippen molar-refractivity contribution in [3.05, 3.63) is 17.5 Å². The van der Waals surface area contributed by atoms with Crippen LogP contribution in [0.15, 0.2) is 6.07 Å². The Balaban J connectivity index is 1.70. The molecule has 0 spiro atoms. The van der Waals surface area contributed by atoms with Gasteiger partial charge in [-0.2, -0.15) is 5.10 Å². The van der Waals surface area contributed by atoms with E-state index in [-0.39, 0.29) is 5.91 Å². The van der Waals surface area contributed by atoms with Crippen LogP contribution in [-0.2, 0) is 0 Å². The molecule has 2 fully saturated rings. The topological polar surface area (TPSA) is 61.0 Å². The van der Waals surface area contributed by atoms with Gasteiger partial charge in [-0.25, -0.2) is 0 Å². The average Bonchev–Trinajstić information content (AvgIpc) is 2.94. The Morgan fingerprint density at radius 3 is 2.61 bits per heavy atom. The van der Waals surface area contributed by atoms with E-state index in [0.717, 1.165) is 18.5 Å². The van der Waals surface area contributed by atoms with Crippen LogP contribution in [0.25, 0.3) is 0 Å². The van der Waals surface area contributed by atoms with Crippen LogP contribution in [0.3, 0.4) is 0 Å². The van der Waals surface area contributed by atoms with Crippen LogP contribution in [0.4, 0.5) is 0 Å². The van der Waals surface area contributed by atoms with Crippen LogP contribution in [0.1, 0.15) is 41.9 Å². The van der Waals surface area contributed by atoms with E-state index in [0.29, 0.717) is 23.8 Å². The summed E-state index contributed by atoms with van der Waals surface area (Å²) in [7, 11) is 1.90. The monoisotopic (exact) mass is 248 g/mol. The number of nitrogens with zero attached hydrogens (tertiary/aromatic N) is 2. The zero-order valence-corrected chi connectivity index (χ0v) is 10.9. The minimum atomic E-state index is 0.0330. The van der Waals surface area contributed by atoms with Gasteiger partial charge in [-0.1, -0.05) is 0 Å². The summed E-state index contributed by atoms with van der Waals surface area (Å²) in [5, 5.41) is 10.5. The molecule has 1 amide bonds. The Kier molecular flexibility index (Phi) is 2.86. The highest BCUT2D eigenvalue weighted by molar-refractivity contribution is 5.92. The zero-order valence-electron chi connectivity index (χ0n) is 10.9. The number of hydrogen-bond donors (Lipinski definition) is 2. The fourth-order valence-electron chi connectivity index (χ4n) is 3.22. The normalized spacial score (nSPS) is 30.4. The molecule has 1 aromatic heterocycles. The third-order valence-corrected chi connectivity index (χ3v) is 4.24. The van der Waals surface area contributed by atoms with Crippen molar-refractivity contribution < 1.29 is 4.79 Å². The van der Waals surface area contributed by atoms with E-state index in [9.17, 15) is 4.79 Å². The van der Waals surface area contributed by atoms with Crippen molar-refractivity contribution in [2.75, 3.05) is 7.05 Å². The van der Waals surface area contributed by atoms with Gasteiger partial charge >= 0.3 is 0 Å². The maximum atomic E-state index is 12.3. The number of aromatic amines is 1. The van der Waals surface area contributed by atoms with Crippen LogP contribution in [0, 0.1) is 6.92 Å². The first-order valence-electron chi connectivity index (χ1n) is 6.68. The molecule has 2 atom stereocenters. The molecular formula is C13H20N4O. The molecule has 3 heterocycles. The van der Waals surface area contributed by atoms with Crippen LogP contribution < -0.4 is 5.32 Å². The Bertz CT molecular complexity index is 444. The lowest BCUT2D eigenvalue weighted by Gasteiger charge is -2.35. The number of nitrogens with one attached hydrogen (secondary N) is 2. The fraction of sp³-hybridized carbons (Fsp3) is 0.692. The van der Waals surface area contributed by atoms with Gasteiger partial charge in [0.05, 0.1) is 0 Å². The van der Waals surface area contributed by atoms with Gasteiger partial charge in [0.1, 0.15) is 5.69 Å². The van der Waals surface area contributed by atoms with Crippen molar-refractivity contribution in [2.24, 2.45) is 0 Å². The molecule has 0 saturated carbocycles. The number of carbonyl (C=O) groups excluding carboxylic acids is 1. The molecule has 2 aliphatic heterocycles. The minimum absolute atomic E-state index is 0.0330. The summed E-state index contributed by atoms with van der Waals surface area (Å²) in [6, 6.07) is 3.37. The lowest BCUT2D eigenvalue weighted by Crippen LogP contribution is -2.48. The van der Waals surface area contributed by atoms with Crippen LogP contribution >= 0.6 is 0 Å². The standard InChI is InChI=1S/C13H20N4O/c1-8-5-12(16-15-8)13(18)17(2)11-6-9-3-4-10(7-11)14-9/h5,9-11,14H,3-4,6-7H2,1-2H3,(H,15,16). The van der Waals surface area contributed by atoms with E-state index < -0.39 is 0 Å². The third-order valence-electron chi connectivity index (χ3n) is 4.24. The summed E-state index contributed by atoms with van der Waals surface area (Å²) in [5.74, 6) is 0.0330. The van der Waals surface area contributed by atoms with Gasteiger partial charge < -0.3 is 10.2 Å². The Morgan fingerprint density at radius 1 is 1.39 bits per heavy atom. The first-order chi connectivity index (χ1) is 8.63. The molecule has 5 nitrogen and oxygen atoms in total. The molecule has 2 unspecified atom stereocenters. The number of H-pyrrole nitrogens is 1. The number of aryl methyl sites for hydroxylation is 1. The molecule has 2 bridgehead atoms. The summed E-state index contributed by atoms with van der Waals surface area (Å²) in [5.41, 5.74) is 1.46. The molecule has 3 rings (SSSR count). The van der Waals surface area contributed by atoms with Gasteiger partial charge in [0, 0.05) is 30.9 Å². The van der Waals surface area contributed by atoms with E-state index >= 15 is 0 Å². The molecule has 0 aromatic carbocycles. The number of amides is 1. The van der Waals surface area contributed by atoms with Crippen molar-refractivity contribution in [3.63, 3.8) is 0 Å². The van der Waals surface area contributed by atoms with Crippen LogP contribution in [0.2, 0.25) is 0 Å². The predicted octanol–water partition coefficient (Wildman–Crippen LogP) is 1.07. The highest BCUT2D eigenvalue weighted by atomic mass is 16.2. The minimum Gasteiger partial charge on any atom is -0.337 e. The van der Waals surface area contributed by atoms with Crippen LogP contribution in [0.5, 0.6) is 0 Å². The van der Waals surface area contributed by atoms with E-state index in [2.05, 4.69) is 15.5 Å². The largest absolute Gasteiger partial charge is 0.337 e. The van der Waals surface area contributed by atoms with Crippen molar-refractivity contribution in [1.29, 1.82) is 0 Å². The zero-order chi connectivity index (χ0) is 12.7. The summed E-state index contributed by atoms with van der Waals surface area (Å²) in [4.78, 5) is 14.2. The van der Waals surface area contributed by atoms with E-state index in [1.807, 2.05) is 24.9 Å². The quantitative estimate of drug-likeness (QED) is 0.823. The van der Waals surface area contributed by atoms with Gasteiger partial charge in [0.15, 0.2) is 0 Å². The summed E-state index contributed by atoms with van der Waals surface area (Å²) in [6.07, 6.45) is 4.65. The van der Waals surface area contributed by atoms with Gasteiger partial charge in [-0.3, -0.25) is 9.89 Å². The van der Waals surface area contributed by atoms with E-state index in [1.54, 1.807) is 0 Å². The maximum absolute atomic E-state index is 12.3. The maximum Gasteiger partial charge on any atom is 0.274 e. The molecule has 2 aliphatic rings. The summed E-state index contributed by atoms with van der Waals surface area (Å²) >= 11 is 0. The number of fused-ring (bicyclic) bond motifs is 2. The molecule has 2 saturated heterocycles. The molecule has 1 aromatic rings. The average molecular weight is 248 g/mol. The third kappa shape index (κ3) is 2.03. The Labute approximate surface area is 107 Å². The van der Waals surface area contributed by atoms with Gasteiger partial charge in [0.25, 0.3) is 5.91 Å². The van der Waals surface area contributed by atoms with Gasteiger partial charge in [0.2, 0.25) is 0 Å². The lowest BCUT2D eigenvalue weighted by atomic mass is 9.98. The first kappa shape index (κ1) is 11.7. The van der Waals surface area contributed by atoms with Crippen molar-refractivity contribution in [2.45, 2.75) is 50.7 Å². The lowest BCUT2D eigenvalue weighted by molar-refractivity contribution is 0.0675. The number of aromatic nitrogens is 2.